The summed E-state index contributed by atoms with van der Waals surface area (Å²) in [6.45, 7) is 15.1. The molecule has 3 N–H and O–H groups in total. The largest absolute Gasteiger partial charge is 0.508 e. The maximum absolute atomic E-state index is 14.3. The lowest BCUT2D eigenvalue weighted by Gasteiger charge is -2.38. The van der Waals surface area contributed by atoms with Crippen LogP contribution in [0.4, 0.5) is 4.79 Å². The Balaban J connectivity index is 2.53. The van der Waals surface area contributed by atoms with Gasteiger partial charge >= 0.3 is 6.09 Å². The molecule has 0 radical (unpaired) electrons. The molecule has 8 nitrogen and oxygen atoms in total. The summed E-state index contributed by atoms with van der Waals surface area (Å²) in [5, 5.41) is 15.9. The number of alkyl carbamates (subject to hydrolysis) is 1. The third-order valence-electron chi connectivity index (χ3n) is 6.39. The molecule has 3 atom stereocenters. The maximum atomic E-state index is 14.3. The molecule has 0 aliphatic carbocycles. The number of benzene rings is 2. The van der Waals surface area contributed by atoms with E-state index < -0.39 is 23.8 Å². The molecule has 0 fully saturated rings. The lowest BCUT2D eigenvalue weighted by molar-refractivity contribution is -0.145. The molecule has 214 valence electrons. The number of aryl methyl sites for hydroxylation is 1. The third kappa shape index (κ3) is 9.61. The molecule has 0 saturated carbocycles. The van der Waals surface area contributed by atoms with E-state index in [-0.39, 0.29) is 29.5 Å². The normalized spacial score (nSPS) is 13.8. The maximum Gasteiger partial charge on any atom is 0.408 e. The van der Waals surface area contributed by atoms with E-state index in [0.717, 1.165) is 5.56 Å². The van der Waals surface area contributed by atoms with Crippen LogP contribution in [0.5, 0.6) is 5.75 Å². The van der Waals surface area contributed by atoms with Crippen molar-refractivity contribution in [2.24, 2.45) is 5.92 Å². The number of nitrogens with one attached hydrogen (secondary N) is 2. The Morgan fingerprint density at radius 3 is 2.21 bits per heavy atom. The van der Waals surface area contributed by atoms with Crippen molar-refractivity contribution in [2.75, 3.05) is 0 Å². The minimum Gasteiger partial charge on any atom is -0.508 e. The summed E-state index contributed by atoms with van der Waals surface area (Å²) in [6.07, 6.45) is 0.278. The van der Waals surface area contributed by atoms with Gasteiger partial charge in [-0.1, -0.05) is 57.2 Å². The average molecular weight is 540 g/mol. The molecule has 0 aliphatic heterocycles. The number of hydrogen-bond donors (Lipinski definition) is 3. The molecular formula is C31H45N3O5. The first kappa shape index (κ1) is 31.7. The molecule has 8 heteroatoms. The monoisotopic (exact) mass is 539 g/mol. The van der Waals surface area contributed by atoms with Crippen molar-refractivity contribution in [3.63, 3.8) is 0 Å². The van der Waals surface area contributed by atoms with E-state index in [1.54, 1.807) is 44.7 Å². The number of aromatic hydroxyl groups is 1. The molecular weight excluding hydrogens is 494 g/mol. The molecule has 0 aliphatic rings. The highest BCUT2D eigenvalue weighted by atomic mass is 16.6. The van der Waals surface area contributed by atoms with E-state index in [0.29, 0.717) is 30.5 Å². The number of ether oxygens (including phenoxy) is 1. The van der Waals surface area contributed by atoms with E-state index in [1.807, 2.05) is 58.0 Å². The van der Waals surface area contributed by atoms with Crippen LogP contribution >= 0.6 is 0 Å². The number of phenolic OH excluding ortho intramolecular Hbond substituents is 1. The molecule has 39 heavy (non-hydrogen) atoms. The minimum absolute atomic E-state index is 0.0916. The van der Waals surface area contributed by atoms with Gasteiger partial charge in [-0.05, 0) is 82.2 Å². The summed E-state index contributed by atoms with van der Waals surface area (Å²) in [5.74, 6) is -0.519. The number of carbonyl (C=O) groups is 3. The lowest BCUT2D eigenvalue weighted by atomic mass is 9.96. The molecule has 0 aromatic heterocycles. The Morgan fingerprint density at radius 1 is 1.03 bits per heavy atom. The standard InChI is InChI=1S/C31H45N3O5/c1-9-22(5)34(29(37)25(17-20(2)3)33-30(38)39-31(6,7)8)27(24-15-16-26(35)21(4)18-24)28(36)32-19-23-13-11-10-12-14-23/h10-16,18,20,22,25,27,35H,9,17,19H2,1-8H3,(H,32,36)(H,33,38). The van der Waals surface area contributed by atoms with E-state index in [9.17, 15) is 19.5 Å². The van der Waals surface area contributed by atoms with Crippen LogP contribution in [0.15, 0.2) is 48.5 Å². The molecule has 2 aromatic carbocycles. The van der Waals surface area contributed by atoms with Crippen LogP contribution in [-0.2, 0) is 20.9 Å². The highest BCUT2D eigenvalue weighted by Crippen LogP contribution is 2.30. The van der Waals surface area contributed by atoms with Gasteiger partial charge in [-0.3, -0.25) is 9.59 Å². The fraction of sp³-hybridized carbons (Fsp3) is 0.516. The molecule has 0 spiro atoms. The fourth-order valence-electron chi connectivity index (χ4n) is 4.29. The molecule has 3 amide bonds. The second-order valence-electron chi connectivity index (χ2n) is 11.5. The molecule has 3 unspecified atom stereocenters. The van der Waals surface area contributed by atoms with Crippen LogP contribution in [0.3, 0.4) is 0 Å². The van der Waals surface area contributed by atoms with Gasteiger partial charge < -0.3 is 25.4 Å². The van der Waals surface area contributed by atoms with Crippen LogP contribution in [-0.4, -0.2) is 45.6 Å². The summed E-state index contributed by atoms with van der Waals surface area (Å²) in [5.41, 5.74) is 1.37. The Morgan fingerprint density at radius 2 is 1.67 bits per heavy atom. The van der Waals surface area contributed by atoms with Gasteiger partial charge in [0, 0.05) is 12.6 Å². The van der Waals surface area contributed by atoms with Gasteiger partial charge in [0.2, 0.25) is 11.8 Å². The second-order valence-corrected chi connectivity index (χ2v) is 11.5. The number of hydrogen-bond acceptors (Lipinski definition) is 5. The quantitative estimate of drug-likeness (QED) is 0.343. The Labute approximate surface area is 233 Å². The zero-order chi connectivity index (χ0) is 29.3. The number of phenols is 1. The Hall–Kier alpha value is -3.55. The number of rotatable bonds is 11. The van der Waals surface area contributed by atoms with Gasteiger partial charge in [0.1, 0.15) is 23.4 Å². The molecule has 0 saturated heterocycles. The first-order valence-electron chi connectivity index (χ1n) is 13.7. The summed E-state index contributed by atoms with van der Waals surface area (Å²) in [6, 6.07) is 12.3. The SMILES string of the molecule is CCC(C)N(C(=O)C(CC(C)C)NC(=O)OC(C)(C)C)C(C(=O)NCc1ccccc1)c1ccc(O)c(C)c1. The third-order valence-corrected chi connectivity index (χ3v) is 6.39. The van der Waals surface area contributed by atoms with Gasteiger partial charge in [-0.2, -0.15) is 0 Å². The first-order chi connectivity index (χ1) is 18.2. The van der Waals surface area contributed by atoms with Crippen molar-refractivity contribution in [3.05, 3.63) is 65.2 Å². The molecule has 2 aromatic rings. The van der Waals surface area contributed by atoms with Crippen LogP contribution in [0, 0.1) is 12.8 Å². The first-order valence-corrected chi connectivity index (χ1v) is 13.7. The lowest BCUT2D eigenvalue weighted by Crippen LogP contribution is -2.55. The summed E-state index contributed by atoms with van der Waals surface area (Å²) in [7, 11) is 0. The van der Waals surface area contributed by atoms with E-state index in [1.165, 1.54) is 6.07 Å². The van der Waals surface area contributed by atoms with Gasteiger partial charge in [-0.15, -0.1) is 0 Å². The predicted octanol–water partition coefficient (Wildman–Crippen LogP) is 5.62. The van der Waals surface area contributed by atoms with Crippen molar-refractivity contribution >= 4 is 17.9 Å². The molecule has 2 rings (SSSR count). The number of carbonyl (C=O) groups excluding carboxylic acids is 3. The van der Waals surface area contributed by atoms with E-state index >= 15 is 0 Å². The van der Waals surface area contributed by atoms with Crippen molar-refractivity contribution < 1.29 is 24.2 Å². The van der Waals surface area contributed by atoms with Crippen LogP contribution in [0.2, 0.25) is 0 Å². The van der Waals surface area contributed by atoms with E-state index in [4.69, 9.17) is 4.74 Å². The fourth-order valence-corrected chi connectivity index (χ4v) is 4.29. The minimum atomic E-state index is -0.981. The topological polar surface area (TPSA) is 108 Å². The predicted molar refractivity (Wildman–Crippen MR) is 153 cm³/mol. The highest BCUT2D eigenvalue weighted by molar-refractivity contribution is 5.92. The smallest absolute Gasteiger partial charge is 0.408 e. The van der Waals surface area contributed by atoms with Crippen LogP contribution < -0.4 is 10.6 Å². The average Bonchev–Trinajstić information content (AvgIpc) is 2.85. The van der Waals surface area contributed by atoms with Gasteiger partial charge in [0.15, 0.2) is 0 Å². The van der Waals surface area contributed by atoms with Crippen molar-refractivity contribution in [3.8, 4) is 5.75 Å². The van der Waals surface area contributed by atoms with E-state index in [2.05, 4.69) is 10.6 Å². The second kappa shape index (κ2) is 14.0. The summed E-state index contributed by atoms with van der Waals surface area (Å²) >= 11 is 0. The van der Waals surface area contributed by atoms with Gasteiger partial charge in [0.25, 0.3) is 0 Å². The van der Waals surface area contributed by atoms with Crippen molar-refractivity contribution in [1.82, 2.24) is 15.5 Å². The zero-order valence-corrected chi connectivity index (χ0v) is 24.6. The molecule has 0 bridgehead atoms. The van der Waals surface area contributed by atoms with Crippen LogP contribution in [0.1, 0.15) is 84.0 Å². The Bertz CT molecular complexity index is 1110. The highest BCUT2D eigenvalue weighted by Gasteiger charge is 2.38. The Kier molecular flexibility index (Phi) is 11.4. The zero-order valence-electron chi connectivity index (χ0n) is 24.6. The number of amides is 3. The number of nitrogens with zero attached hydrogens (tertiary/aromatic N) is 1. The summed E-state index contributed by atoms with van der Waals surface area (Å²) < 4.78 is 5.45. The van der Waals surface area contributed by atoms with Crippen molar-refractivity contribution in [1.29, 1.82) is 0 Å². The molecule has 0 heterocycles. The van der Waals surface area contributed by atoms with Crippen molar-refractivity contribution in [2.45, 2.75) is 98.5 Å². The van der Waals surface area contributed by atoms with Gasteiger partial charge in [-0.25, -0.2) is 4.79 Å². The van der Waals surface area contributed by atoms with Crippen LogP contribution in [0.25, 0.3) is 0 Å². The van der Waals surface area contributed by atoms with Gasteiger partial charge in [0.05, 0.1) is 0 Å². The summed E-state index contributed by atoms with van der Waals surface area (Å²) in [4.78, 5) is 42.4.